The molecule has 0 radical (unpaired) electrons. The molecule has 110 valence electrons. The lowest BCUT2D eigenvalue weighted by Crippen LogP contribution is -2.47. The second-order valence-electron chi connectivity index (χ2n) is 6.47. The molecule has 3 heteroatoms. The van der Waals surface area contributed by atoms with E-state index in [1.807, 2.05) is 6.20 Å². The quantitative estimate of drug-likeness (QED) is 0.920. The van der Waals surface area contributed by atoms with Crippen LogP contribution in [0.3, 0.4) is 0 Å². The highest BCUT2D eigenvalue weighted by Crippen LogP contribution is 2.38. The highest BCUT2D eigenvalue weighted by molar-refractivity contribution is 5.49. The first kappa shape index (κ1) is 13.9. The summed E-state index contributed by atoms with van der Waals surface area (Å²) in [5.74, 6) is 2.13. The van der Waals surface area contributed by atoms with Gasteiger partial charge in [0.25, 0.3) is 0 Å². The van der Waals surface area contributed by atoms with E-state index in [-0.39, 0.29) is 0 Å². The number of rotatable bonds is 3. The highest BCUT2D eigenvalue weighted by Gasteiger charge is 2.34. The monoisotopic (exact) mass is 273 g/mol. The Morgan fingerprint density at radius 2 is 2.05 bits per heavy atom. The number of fused-ring (bicyclic) bond motifs is 1. The Kier molecular flexibility index (Phi) is 4.25. The Hall–Kier alpha value is -1.09. The maximum absolute atomic E-state index is 5.64. The Bertz CT molecular complexity index is 456. The number of anilines is 1. The van der Waals surface area contributed by atoms with Crippen molar-refractivity contribution in [2.45, 2.75) is 57.9 Å². The molecule has 0 bridgehead atoms. The van der Waals surface area contributed by atoms with Crippen LogP contribution in [0.2, 0.25) is 0 Å². The number of nitrogens with two attached hydrogens (primary N) is 1. The van der Waals surface area contributed by atoms with E-state index in [0.29, 0.717) is 6.54 Å². The first-order valence-electron chi connectivity index (χ1n) is 8.22. The molecule has 2 heterocycles. The second-order valence-corrected chi connectivity index (χ2v) is 6.47. The fraction of sp³-hybridized carbons (Fsp3) is 0.706. The van der Waals surface area contributed by atoms with Gasteiger partial charge in [0.05, 0.1) is 0 Å². The molecule has 0 unspecified atom stereocenters. The van der Waals surface area contributed by atoms with Gasteiger partial charge in [0.15, 0.2) is 0 Å². The maximum Gasteiger partial charge on any atom is 0.131 e. The minimum absolute atomic E-state index is 0.703. The van der Waals surface area contributed by atoms with Crippen LogP contribution in [0.15, 0.2) is 12.3 Å². The molecule has 0 spiro atoms. The number of hydrogen-bond acceptors (Lipinski definition) is 3. The second kappa shape index (κ2) is 6.13. The van der Waals surface area contributed by atoms with E-state index in [4.69, 9.17) is 10.7 Å². The van der Waals surface area contributed by atoms with Crippen molar-refractivity contribution in [3.05, 3.63) is 23.4 Å². The van der Waals surface area contributed by atoms with Gasteiger partial charge in [0, 0.05) is 18.8 Å². The van der Waals surface area contributed by atoms with Gasteiger partial charge in [-0.3, -0.25) is 0 Å². The minimum Gasteiger partial charge on any atom is -0.353 e. The topological polar surface area (TPSA) is 42.1 Å². The molecule has 1 aliphatic heterocycles. The lowest BCUT2D eigenvalue weighted by Gasteiger charge is -2.45. The predicted octanol–water partition coefficient (Wildman–Crippen LogP) is 3.05. The van der Waals surface area contributed by atoms with E-state index in [1.54, 1.807) is 0 Å². The average Bonchev–Trinajstić information content (AvgIpc) is 2.47. The van der Waals surface area contributed by atoms with Crippen molar-refractivity contribution in [1.82, 2.24) is 4.98 Å². The summed E-state index contributed by atoms with van der Waals surface area (Å²) in [7, 11) is 0. The summed E-state index contributed by atoms with van der Waals surface area (Å²) in [6.07, 6.45) is 11.3. The molecule has 1 saturated carbocycles. The number of aromatic nitrogens is 1. The molecule has 0 aromatic carbocycles. The Balaban J connectivity index is 1.83. The van der Waals surface area contributed by atoms with E-state index < -0.39 is 0 Å². The van der Waals surface area contributed by atoms with E-state index in [0.717, 1.165) is 18.4 Å². The van der Waals surface area contributed by atoms with Gasteiger partial charge < -0.3 is 10.6 Å². The summed E-state index contributed by atoms with van der Waals surface area (Å²) in [6.45, 7) is 4.09. The van der Waals surface area contributed by atoms with Crippen molar-refractivity contribution >= 4 is 5.82 Å². The summed E-state index contributed by atoms with van der Waals surface area (Å²) < 4.78 is 0. The molecule has 1 aromatic heterocycles. The molecule has 0 amide bonds. The maximum atomic E-state index is 5.64. The van der Waals surface area contributed by atoms with Crippen LogP contribution in [-0.2, 0) is 6.42 Å². The third-order valence-corrected chi connectivity index (χ3v) is 5.06. The summed E-state index contributed by atoms with van der Waals surface area (Å²) in [6, 6.07) is 3.02. The van der Waals surface area contributed by atoms with Gasteiger partial charge in [-0.15, -0.1) is 0 Å². The molecule has 2 fully saturated rings. The first-order valence-corrected chi connectivity index (χ1v) is 8.22. The SMILES string of the molecule is Cc1cc(CCN)cnc1N1CCC[C@H]2CCCC[C@H]21. The number of piperidine rings is 1. The zero-order valence-corrected chi connectivity index (χ0v) is 12.6. The smallest absolute Gasteiger partial charge is 0.131 e. The molecular weight excluding hydrogens is 246 g/mol. The van der Waals surface area contributed by atoms with Gasteiger partial charge >= 0.3 is 0 Å². The van der Waals surface area contributed by atoms with Crippen molar-refractivity contribution in [3.63, 3.8) is 0 Å². The van der Waals surface area contributed by atoms with Crippen molar-refractivity contribution in [2.24, 2.45) is 11.7 Å². The van der Waals surface area contributed by atoms with Gasteiger partial charge in [0.2, 0.25) is 0 Å². The zero-order chi connectivity index (χ0) is 13.9. The lowest BCUT2D eigenvalue weighted by atomic mass is 9.78. The van der Waals surface area contributed by atoms with Crippen LogP contribution in [0.5, 0.6) is 0 Å². The van der Waals surface area contributed by atoms with Crippen LogP contribution in [0.1, 0.15) is 49.7 Å². The number of pyridine rings is 1. The molecule has 1 saturated heterocycles. The number of aryl methyl sites for hydroxylation is 1. The summed E-state index contributed by atoms with van der Waals surface area (Å²) in [5.41, 5.74) is 8.23. The molecule has 1 aliphatic carbocycles. The first-order chi connectivity index (χ1) is 9.79. The van der Waals surface area contributed by atoms with Crippen LogP contribution in [-0.4, -0.2) is 24.1 Å². The fourth-order valence-corrected chi connectivity index (χ4v) is 4.12. The normalized spacial score (nSPS) is 26.4. The molecule has 1 aromatic rings. The third kappa shape index (κ3) is 2.69. The molecule has 2 N–H and O–H groups in total. The molecule has 20 heavy (non-hydrogen) atoms. The van der Waals surface area contributed by atoms with Gasteiger partial charge in [-0.05, 0) is 62.6 Å². The van der Waals surface area contributed by atoms with E-state index in [1.165, 1.54) is 62.0 Å². The predicted molar refractivity (Wildman–Crippen MR) is 84.1 cm³/mol. The Labute approximate surface area is 122 Å². The van der Waals surface area contributed by atoms with Gasteiger partial charge in [-0.25, -0.2) is 4.98 Å². The molecular formula is C17H27N3. The van der Waals surface area contributed by atoms with Crippen LogP contribution in [0.4, 0.5) is 5.82 Å². The summed E-state index contributed by atoms with van der Waals surface area (Å²) >= 11 is 0. The largest absolute Gasteiger partial charge is 0.353 e. The molecule has 2 atom stereocenters. The molecule has 2 aliphatic rings. The molecule has 3 rings (SSSR count). The fourth-order valence-electron chi connectivity index (χ4n) is 4.12. The van der Waals surface area contributed by atoms with Crippen LogP contribution in [0, 0.1) is 12.8 Å². The number of hydrogen-bond donors (Lipinski definition) is 1. The zero-order valence-electron chi connectivity index (χ0n) is 12.6. The lowest BCUT2D eigenvalue weighted by molar-refractivity contribution is 0.242. The Morgan fingerprint density at radius 3 is 2.85 bits per heavy atom. The van der Waals surface area contributed by atoms with Crippen LogP contribution in [0.25, 0.3) is 0 Å². The average molecular weight is 273 g/mol. The van der Waals surface area contributed by atoms with E-state index in [2.05, 4.69) is 17.9 Å². The van der Waals surface area contributed by atoms with Gasteiger partial charge in [-0.1, -0.05) is 18.9 Å². The van der Waals surface area contributed by atoms with E-state index in [9.17, 15) is 0 Å². The standard InChI is InChI=1S/C17H27N3/c1-13-11-14(8-9-18)12-19-17(13)20-10-4-6-15-5-2-3-7-16(15)20/h11-12,15-16H,2-10,18H2,1H3/t15-,16-/m1/s1. The van der Waals surface area contributed by atoms with Gasteiger partial charge in [0.1, 0.15) is 5.82 Å². The van der Waals surface area contributed by atoms with Crippen LogP contribution < -0.4 is 10.6 Å². The van der Waals surface area contributed by atoms with Crippen molar-refractivity contribution in [3.8, 4) is 0 Å². The third-order valence-electron chi connectivity index (χ3n) is 5.06. The van der Waals surface area contributed by atoms with Gasteiger partial charge in [-0.2, -0.15) is 0 Å². The van der Waals surface area contributed by atoms with E-state index >= 15 is 0 Å². The molecule has 3 nitrogen and oxygen atoms in total. The number of nitrogens with zero attached hydrogens (tertiary/aromatic N) is 2. The van der Waals surface area contributed by atoms with Crippen molar-refractivity contribution in [2.75, 3.05) is 18.0 Å². The minimum atomic E-state index is 0.703. The van der Waals surface area contributed by atoms with Crippen LogP contribution >= 0.6 is 0 Å². The summed E-state index contributed by atoms with van der Waals surface area (Å²) in [4.78, 5) is 7.39. The Morgan fingerprint density at radius 1 is 1.25 bits per heavy atom. The highest BCUT2D eigenvalue weighted by atomic mass is 15.2. The van der Waals surface area contributed by atoms with Crippen molar-refractivity contribution < 1.29 is 0 Å². The van der Waals surface area contributed by atoms with Crippen molar-refractivity contribution in [1.29, 1.82) is 0 Å². The summed E-state index contributed by atoms with van der Waals surface area (Å²) in [5, 5.41) is 0.